The smallest absolute Gasteiger partial charge is 0.337 e. The third-order valence-electron chi connectivity index (χ3n) is 3.07. The Balaban J connectivity index is 2.39. The highest BCUT2D eigenvalue weighted by Gasteiger charge is 2.16. The molecular formula is C13H18N6O3. The Labute approximate surface area is 127 Å². The molecule has 0 bridgehead atoms. The van der Waals surface area contributed by atoms with Crippen LogP contribution in [0.1, 0.15) is 10.4 Å². The van der Waals surface area contributed by atoms with Crippen molar-refractivity contribution in [2.45, 2.75) is 0 Å². The van der Waals surface area contributed by atoms with Crippen LogP contribution in [0.4, 0.5) is 11.4 Å². The summed E-state index contributed by atoms with van der Waals surface area (Å²) in [6.45, 7) is 2.68. The largest absolute Gasteiger partial charge is 0.478 e. The van der Waals surface area contributed by atoms with Gasteiger partial charge in [0.2, 0.25) is 5.96 Å². The van der Waals surface area contributed by atoms with Gasteiger partial charge in [-0.25, -0.2) is 9.79 Å². The van der Waals surface area contributed by atoms with Crippen LogP contribution in [0.15, 0.2) is 28.2 Å². The quantitative estimate of drug-likeness (QED) is 0.431. The first-order valence-corrected chi connectivity index (χ1v) is 6.61. The second-order valence-electron chi connectivity index (χ2n) is 4.61. The standard InChI is InChI=1S/C13H18N6O3/c14-12(15)18-13(16)17-10-7-8(1-2-9(10)11(20)21)19-3-5-22-6-4-19/h1-2,7H,3-6H2,(H,20,21)(H6,14,15,16,17,18). The number of rotatable bonds is 3. The molecule has 0 amide bonds. The van der Waals surface area contributed by atoms with E-state index >= 15 is 0 Å². The van der Waals surface area contributed by atoms with Crippen molar-refractivity contribution in [2.75, 3.05) is 31.2 Å². The first-order valence-electron chi connectivity index (χ1n) is 6.61. The van der Waals surface area contributed by atoms with Crippen LogP contribution in [-0.4, -0.2) is 49.3 Å². The first kappa shape index (κ1) is 15.6. The van der Waals surface area contributed by atoms with Gasteiger partial charge in [-0.05, 0) is 18.2 Å². The molecule has 1 aromatic carbocycles. The molecule has 1 aromatic rings. The van der Waals surface area contributed by atoms with E-state index in [1.165, 1.54) is 6.07 Å². The van der Waals surface area contributed by atoms with Gasteiger partial charge in [0.05, 0.1) is 24.5 Å². The second-order valence-corrected chi connectivity index (χ2v) is 4.61. The van der Waals surface area contributed by atoms with E-state index in [9.17, 15) is 9.90 Å². The Morgan fingerprint density at radius 3 is 2.50 bits per heavy atom. The van der Waals surface area contributed by atoms with Crippen molar-refractivity contribution in [3.05, 3.63) is 23.8 Å². The van der Waals surface area contributed by atoms with E-state index < -0.39 is 5.97 Å². The third kappa shape index (κ3) is 3.85. The minimum atomic E-state index is -1.11. The molecule has 0 spiro atoms. The highest BCUT2D eigenvalue weighted by Crippen LogP contribution is 2.27. The molecule has 1 aliphatic heterocycles. The SMILES string of the molecule is NC(N)=NC(N)=Nc1cc(N2CCOCC2)ccc1C(=O)O. The lowest BCUT2D eigenvalue weighted by Crippen LogP contribution is -2.36. The van der Waals surface area contributed by atoms with Crippen molar-refractivity contribution < 1.29 is 14.6 Å². The van der Waals surface area contributed by atoms with Gasteiger partial charge in [-0.1, -0.05) is 0 Å². The molecule has 1 saturated heterocycles. The van der Waals surface area contributed by atoms with Gasteiger partial charge in [-0.3, -0.25) is 0 Å². The van der Waals surface area contributed by atoms with Gasteiger partial charge < -0.3 is 31.9 Å². The Bertz CT molecular complexity index is 618. The van der Waals surface area contributed by atoms with Gasteiger partial charge in [-0.15, -0.1) is 0 Å². The van der Waals surface area contributed by atoms with Gasteiger partial charge in [0.1, 0.15) is 0 Å². The summed E-state index contributed by atoms with van der Waals surface area (Å²) in [5, 5.41) is 9.23. The molecule has 0 atom stereocenters. The second kappa shape index (κ2) is 6.76. The number of guanidine groups is 2. The number of benzene rings is 1. The number of carboxylic acid groups (broad SMARTS) is 1. The molecule has 22 heavy (non-hydrogen) atoms. The fourth-order valence-electron chi connectivity index (χ4n) is 2.09. The predicted molar refractivity (Wildman–Crippen MR) is 83.5 cm³/mol. The Morgan fingerprint density at radius 2 is 1.91 bits per heavy atom. The van der Waals surface area contributed by atoms with Crippen LogP contribution in [-0.2, 0) is 4.74 Å². The van der Waals surface area contributed by atoms with E-state index in [-0.39, 0.29) is 23.2 Å². The highest BCUT2D eigenvalue weighted by molar-refractivity contribution is 5.98. The number of anilines is 1. The number of carboxylic acids is 1. The minimum absolute atomic E-state index is 0.0192. The molecule has 2 rings (SSSR count). The van der Waals surface area contributed by atoms with Gasteiger partial charge in [-0.2, -0.15) is 4.99 Å². The van der Waals surface area contributed by atoms with Crippen molar-refractivity contribution in [2.24, 2.45) is 27.2 Å². The van der Waals surface area contributed by atoms with Crippen LogP contribution in [0.2, 0.25) is 0 Å². The summed E-state index contributed by atoms with van der Waals surface area (Å²) >= 11 is 0. The number of aromatic carboxylic acids is 1. The lowest BCUT2D eigenvalue weighted by atomic mass is 10.1. The Hall–Kier alpha value is -2.81. The maximum Gasteiger partial charge on any atom is 0.337 e. The van der Waals surface area contributed by atoms with Crippen molar-refractivity contribution in [1.29, 1.82) is 0 Å². The van der Waals surface area contributed by atoms with Crippen LogP contribution < -0.4 is 22.1 Å². The van der Waals surface area contributed by atoms with Gasteiger partial charge in [0.15, 0.2) is 5.96 Å². The topological polar surface area (TPSA) is 153 Å². The van der Waals surface area contributed by atoms with Crippen molar-refractivity contribution in [1.82, 2.24) is 0 Å². The number of ether oxygens (including phenoxy) is 1. The maximum atomic E-state index is 11.3. The molecule has 1 heterocycles. The highest BCUT2D eigenvalue weighted by atomic mass is 16.5. The average Bonchev–Trinajstić information content (AvgIpc) is 2.47. The molecule has 9 heteroatoms. The van der Waals surface area contributed by atoms with Gasteiger partial charge in [0.25, 0.3) is 0 Å². The summed E-state index contributed by atoms with van der Waals surface area (Å²) in [4.78, 5) is 20.9. The fraction of sp³-hybridized carbons (Fsp3) is 0.308. The molecule has 118 valence electrons. The van der Waals surface area contributed by atoms with Crippen LogP contribution in [0.5, 0.6) is 0 Å². The van der Waals surface area contributed by atoms with E-state index in [2.05, 4.69) is 14.9 Å². The third-order valence-corrected chi connectivity index (χ3v) is 3.07. The van der Waals surface area contributed by atoms with Crippen LogP contribution in [0, 0.1) is 0 Å². The molecule has 0 aromatic heterocycles. The van der Waals surface area contributed by atoms with E-state index in [1.54, 1.807) is 12.1 Å². The van der Waals surface area contributed by atoms with Gasteiger partial charge >= 0.3 is 5.97 Å². The number of morpholine rings is 1. The lowest BCUT2D eigenvalue weighted by Gasteiger charge is -2.29. The van der Waals surface area contributed by atoms with E-state index in [1.807, 2.05) is 0 Å². The molecule has 0 radical (unpaired) electrons. The summed E-state index contributed by atoms with van der Waals surface area (Å²) < 4.78 is 5.29. The van der Waals surface area contributed by atoms with E-state index in [0.29, 0.717) is 13.2 Å². The number of aliphatic imine (C=N–C) groups is 2. The number of nitrogens with zero attached hydrogens (tertiary/aromatic N) is 3. The molecule has 0 unspecified atom stereocenters. The van der Waals surface area contributed by atoms with Gasteiger partial charge in [0, 0.05) is 18.8 Å². The summed E-state index contributed by atoms with van der Waals surface area (Å²) in [6.07, 6.45) is 0. The number of nitrogens with two attached hydrogens (primary N) is 3. The molecule has 7 N–H and O–H groups in total. The molecule has 1 aliphatic rings. The first-order chi connectivity index (χ1) is 10.5. The maximum absolute atomic E-state index is 11.3. The van der Waals surface area contributed by atoms with Crippen molar-refractivity contribution in [3.63, 3.8) is 0 Å². The zero-order valence-corrected chi connectivity index (χ0v) is 11.9. The van der Waals surface area contributed by atoms with Crippen molar-refractivity contribution >= 4 is 29.3 Å². The summed E-state index contributed by atoms with van der Waals surface area (Å²) in [5.41, 5.74) is 17.1. The van der Waals surface area contributed by atoms with E-state index in [0.717, 1.165) is 18.8 Å². The normalized spacial score (nSPS) is 15.5. The average molecular weight is 306 g/mol. The number of carbonyl (C=O) groups is 1. The molecule has 9 nitrogen and oxygen atoms in total. The minimum Gasteiger partial charge on any atom is -0.478 e. The monoisotopic (exact) mass is 306 g/mol. The zero-order valence-electron chi connectivity index (χ0n) is 11.9. The summed E-state index contributed by atoms with van der Waals surface area (Å²) in [6, 6.07) is 4.85. The van der Waals surface area contributed by atoms with Crippen LogP contribution in [0.25, 0.3) is 0 Å². The van der Waals surface area contributed by atoms with E-state index in [4.69, 9.17) is 21.9 Å². The Kier molecular flexibility index (Phi) is 4.79. The summed E-state index contributed by atoms with van der Waals surface area (Å²) in [5.74, 6) is -1.56. The van der Waals surface area contributed by atoms with Crippen LogP contribution >= 0.6 is 0 Å². The fourth-order valence-corrected chi connectivity index (χ4v) is 2.09. The predicted octanol–water partition coefficient (Wildman–Crippen LogP) is -0.559. The molecular weight excluding hydrogens is 288 g/mol. The molecule has 1 fully saturated rings. The number of hydrogen-bond donors (Lipinski definition) is 4. The van der Waals surface area contributed by atoms with Crippen molar-refractivity contribution in [3.8, 4) is 0 Å². The molecule has 0 aliphatic carbocycles. The lowest BCUT2D eigenvalue weighted by molar-refractivity contribution is 0.0698. The van der Waals surface area contributed by atoms with Crippen LogP contribution in [0.3, 0.4) is 0 Å². The number of hydrogen-bond acceptors (Lipinski definition) is 4. The zero-order chi connectivity index (χ0) is 16.1. The molecule has 0 saturated carbocycles. The Morgan fingerprint density at radius 1 is 1.23 bits per heavy atom. The summed E-state index contributed by atoms with van der Waals surface area (Å²) in [7, 11) is 0.